The van der Waals surface area contributed by atoms with Gasteiger partial charge < -0.3 is 15.4 Å². The summed E-state index contributed by atoms with van der Waals surface area (Å²) in [6.07, 6.45) is 2.30. The minimum atomic E-state index is -0.232. The van der Waals surface area contributed by atoms with E-state index >= 15 is 0 Å². The summed E-state index contributed by atoms with van der Waals surface area (Å²) in [5.74, 6) is 0.0524. The van der Waals surface area contributed by atoms with E-state index in [0.717, 1.165) is 24.2 Å². The van der Waals surface area contributed by atoms with Gasteiger partial charge in [-0.2, -0.15) is 5.10 Å². The number of nitrogens with zero attached hydrogens (tertiary/aromatic N) is 2. The topological polar surface area (TPSA) is 91.9 Å². The predicted octanol–water partition coefficient (Wildman–Crippen LogP) is 1.57. The van der Waals surface area contributed by atoms with Gasteiger partial charge in [0.05, 0.1) is 11.6 Å². The van der Waals surface area contributed by atoms with Crippen LogP contribution in [0, 0.1) is 0 Å². The van der Waals surface area contributed by atoms with Crippen LogP contribution in [-0.2, 0) is 13.0 Å². The molecule has 1 aliphatic heterocycles. The van der Waals surface area contributed by atoms with Gasteiger partial charge in [-0.3, -0.25) is 9.89 Å². The molecule has 122 valence electrons. The number of halogens is 2. The van der Waals surface area contributed by atoms with Crippen molar-refractivity contribution >= 4 is 29.1 Å². The van der Waals surface area contributed by atoms with Crippen LogP contribution in [0.4, 0.5) is 0 Å². The van der Waals surface area contributed by atoms with Crippen LogP contribution in [0.1, 0.15) is 21.7 Å². The molecule has 3 N–H and O–H groups in total. The zero-order valence-electron chi connectivity index (χ0n) is 12.2. The Morgan fingerprint density at radius 1 is 1.43 bits per heavy atom. The van der Waals surface area contributed by atoms with Crippen molar-refractivity contribution in [3.05, 3.63) is 39.3 Å². The quantitative estimate of drug-likeness (QED) is 0.708. The number of nitrogens with one attached hydrogen (secondary N) is 3. The van der Waals surface area contributed by atoms with Crippen molar-refractivity contribution in [3.8, 4) is 5.88 Å². The first kappa shape index (κ1) is 16.0. The van der Waals surface area contributed by atoms with E-state index in [4.69, 9.17) is 27.9 Å². The highest BCUT2D eigenvalue weighted by Gasteiger charge is 2.21. The Labute approximate surface area is 142 Å². The van der Waals surface area contributed by atoms with E-state index in [-0.39, 0.29) is 18.4 Å². The molecule has 7 nitrogen and oxygen atoms in total. The molecule has 0 aromatic carbocycles. The lowest BCUT2D eigenvalue weighted by molar-refractivity contribution is 0.0940. The number of aromatic nitrogens is 3. The van der Waals surface area contributed by atoms with Crippen LogP contribution in [0.2, 0.25) is 10.0 Å². The molecule has 3 rings (SSSR count). The molecule has 1 aliphatic rings. The van der Waals surface area contributed by atoms with Crippen molar-refractivity contribution in [2.75, 3.05) is 19.7 Å². The highest BCUT2D eigenvalue weighted by atomic mass is 35.5. The summed E-state index contributed by atoms with van der Waals surface area (Å²) in [6.45, 7) is 2.09. The summed E-state index contributed by atoms with van der Waals surface area (Å²) in [5, 5.41) is 13.8. The lowest BCUT2D eigenvalue weighted by atomic mass is 10.1. The first-order valence-corrected chi connectivity index (χ1v) is 7.89. The maximum absolute atomic E-state index is 12.2. The molecular weight excluding hydrogens is 341 g/mol. The van der Waals surface area contributed by atoms with E-state index < -0.39 is 0 Å². The van der Waals surface area contributed by atoms with Gasteiger partial charge in [0.1, 0.15) is 11.6 Å². The van der Waals surface area contributed by atoms with E-state index in [1.54, 1.807) is 6.07 Å². The molecular formula is C14H15Cl2N5O2. The molecule has 2 aromatic rings. The highest BCUT2D eigenvalue weighted by molar-refractivity contribution is 6.35. The maximum Gasteiger partial charge on any atom is 0.272 e. The SMILES string of the molecule is O=C(NCCOc1ncc(Cl)cc1Cl)c1n[nH]c2c1CNCC2. The monoisotopic (exact) mass is 355 g/mol. The maximum atomic E-state index is 12.2. The fourth-order valence-corrected chi connectivity index (χ4v) is 2.75. The molecule has 0 fully saturated rings. The van der Waals surface area contributed by atoms with Gasteiger partial charge in [0.25, 0.3) is 5.91 Å². The molecule has 2 aromatic heterocycles. The second-order valence-corrected chi connectivity index (χ2v) is 5.84. The summed E-state index contributed by atoms with van der Waals surface area (Å²) in [7, 11) is 0. The van der Waals surface area contributed by atoms with Crippen molar-refractivity contribution in [2.24, 2.45) is 0 Å². The first-order chi connectivity index (χ1) is 11.1. The van der Waals surface area contributed by atoms with Gasteiger partial charge in [0.2, 0.25) is 5.88 Å². The molecule has 1 amide bonds. The van der Waals surface area contributed by atoms with Crippen molar-refractivity contribution in [1.82, 2.24) is 25.8 Å². The van der Waals surface area contributed by atoms with Gasteiger partial charge in [-0.05, 0) is 6.07 Å². The largest absolute Gasteiger partial charge is 0.475 e. The van der Waals surface area contributed by atoms with Crippen LogP contribution in [0.15, 0.2) is 12.3 Å². The Bertz CT molecular complexity index is 719. The van der Waals surface area contributed by atoms with E-state index in [1.165, 1.54) is 6.20 Å². The number of ether oxygens (including phenoxy) is 1. The van der Waals surface area contributed by atoms with Crippen LogP contribution >= 0.6 is 23.2 Å². The van der Waals surface area contributed by atoms with Crippen LogP contribution in [-0.4, -0.2) is 40.8 Å². The Hall–Kier alpha value is -1.83. The van der Waals surface area contributed by atoms with E-state index in [0.29, 0.717) is 28.8 Å². The second kappa shape index (κ2) is 7.16. The summed E-state index contributed by atoms with van der Waals surface area (Å²) < 4.78 is 5.42. The Balaban J connectivity index is 1.51. The number of hydrogen-bond donors (Lipinski definition) is 3. The highest BCUT2D eigenvalue weighted by Crippen LogP contribution is 2.24. The van der Waals surface area contributed by atoms with Crippen LogP contribution in [0.25, 0.3) is 0 Å². The van der Waals surface area contributed by atoms with Gasteiger partial charge in [0, 0.05) is 37.0 Å². The molecule has 0 atom stereocenters. The second-order valence-electron chi connectivity index (χ2n) is 5.00. The zero-order valence-corrected chi connectivity index (χ0v) is 13.7. The average Bonchev–Trinajstić information content (AvgIpc) is 2.97. The molecule has 9 heteroatoms. The summed E-state index contributed by atoms with van der Waals surface area (Å²) in [4.78, 5) is 16.1. The fraction of sp³-hybridized carbons (Fsp3) is 0.357. The number of aromatic amines is 1. The third kappa shape index (κ3) is 3.74. The molecule has 0 unspecified atom stereocenters. The normalized spacial score (nSPS) is 13.5. The van der Waals surface area contributed by atoms with Gasteiger partial charge >= 0.3 is 0 Å². The fourth-order valence-electron chi connectivity index (χ4n) is 2.32. The summed E-state index contributed by atoms with van der Waals surface area (Å²) in [6, 6.07) is 1.55. The van der Waals surface area contributed by atoms with Gasteiger partial charge in [-0.25, -0.2) is 4.98 Å². The summed E-state index contributed by atoms with van der Waals surface area (Å²) >= 11 is 11.7. The number of rotatable bonds is 5. The van der Waals surface area contributed by atoms with E-state index in [1.807, 2.05) is 0 Å². The predicted molar refractivity (Wildman–Crippen MR) is 86.1 cm³/mol. The molecule has 23 heavy (non-hydrogen) atoms. The molecule has 3 heterocycles. The van der Waals surface area contributed by atoms with Crippen molar-refractivity contribution in [1.29, 1.82) is 0 Å². The number of hydrogen-bond acceptors (Lipinski definition) is 5. The lowest BCUT2D eigenvalue weighted by Gasteiger charge is -2.13. The lowest BCUT2D eigenvalue weighted by Crippen LogP contribution is -2.31. The van der Waals surface area contributed by atoms with Crippen molar-refractivity contribution < 1.29 is 9.53 Å². The minimum Gasteiger partial charge on any atom is -0.475 e. The minimum absolute atomic E-state index is 0.232. The number of fused-ring (bicyclic) bond motifs is 1. The number of amides is 1. The Morgan fingerprint density at radius 2 is 2.30 bits per heavy atom. The van der Waals surface area contributed by atoms with Crippen LogP contribution < -0.4 is 15.4 Å². The molecule has 0 saturated carbocycles. The van der Waals surface area contributed by atoms with Gasteiger partial charge in [-0.1, -0.05) is 23.2 Å². The van der Waals surface area contributed by atoms with Crippen molar-refractivity contribution in [3.63, 3.8) is 0 Å². The third-order valence-electron chi connectivity index (χ3n) is 3.42. The Morgan fingerprint density at radius 3 is 3.13 bits per heavy atom. The number of carbonyl (C=O) groups excluding carboxylic acids is 1. The molecule has 0 spiro atoms. The number of pyridine rings is 1. The molecule has 0 bridgehead atoms. The first-order valence-electron chi connectivity index (χ1n) is 7.14. The Kier molecular flexibility index (Phi) is 5.00. The smallest absolute Gasteiger partial charge is 0.272 e. The number of H-pyrrole nitrogens is 1. The third-order valence-corrected chi connectivity index (χ3v) is 3.90. The molecule has 0 radical (unpaired) electrons. The van der Waals surface area contributed by atoms with E-state index in [2.05, 4.69) is 25.8 Å². The van der Waals surface area contributed by atoms with Gasteiger partial charge in [0.15, 0.2) is 5.69 Å². The standard InChI is InChI=1S/C14H15Cl2N5O2/c15-8-5-10(16)14(19-6-8)23-4-3-18-13(22)12-9-7-17-2-1-11(9)20-21-12/h5-6,17H,1-4,7H2,(H,18,22)(H,20,21). The molecule has 0 saturated heterocycles. The van der Waals surface area contributed by atoms with Crippen LogP contribution in [0.3, 0.4) is 0 Å². The van der Waals surface area contributed by atoms with E-state index in [9.17, 15) is 4.79 Å². The molecule has 0 aliphatic carbocycles. The number of carbonyl (C=O) groups is 1. The summed E-state index contributed by atoms with van der Waals surface area (Å²) in [5.41, 5.74) is 2.37. The zero-order chi connectivity index (χ0) is 16.2. The average molecular weight is 356 g/mol. The van der Waals surface area contributed by atoms with Gasteiger partial charge in [-0.15, -0.1) is 0 Å². The van der Waals surface area contributed by atoms with Crippen molar-refractivity contribution in [2.45, 2.75) is 13.0 Å². The van der Waals surface area contributed by atoms with Crippen LogP contribution in [0.5, 0.6) is 5.88 Å².